The van der Waals surface area contributed by atoms with Gasteiger partial charge in [-0.1, -0.05) is 277 Å². The van der Waals surface area contributed by atoms with Gasteiger partial charge in [-0.2, -0.15) is 0 Å². The van der Waals surface area contributed by atoms with E-state index in [1.165, 1.54) is 99.1 Å². The van der Waals surface area contributed by atoms with E-state index in [1.54, 1.807) is 4.88 Å². The lowest BCUT2D eigenvalue weighted by molar-refractivity contribution is -0.106. The number of pyridine rings is 1. The molecule has 3 nitrogen and oxygen atoms in total. The molecule has 2 aliphatic rings. The van der Waals surface area contributed by atoms with Gasteiger partial charge in [0.25, 0.3) is 0 Å². The van der Waals surface area contributed by atoms with Gasteiger partial charge >= 0.3 is 6.92 Å². The molecule has 0 fully saturated rings. The number of aromatic nitrogens is 1. The van der Waals surface area contributed by atoms with E-state index in [-0.39, 0.29) is 18.1 Å². The summed E-state index contributed by atoms with van der Waals surface area (Å²) in [5.74, 6) is 7.68. The molecule has 8 aromatic rings. The Balaban J connectivity index is 0.000000199. The SMILES string of the molecule is CC(C)B1OC(C)(C)c2cc(C(C)C)ccc21.CC(C)c1ccc(C(C)C)c2ccccc12.CC(C)c1ccc(C(C)C)n2cccc12.CC(C)c1ccc2c(c1)COC2(C(C)C)C(C)C.Cc1cc(C(C)C)ccc1C(C)C.Cc1cc(C(C)C)sc1C(C)C. The zero-order valence-electron chi connectivity index (χ0n) is 63.1. The highest BCUT2D eigenvalue weighted by molar-refractivity contribution is 7.12. The summed E-state index contributed by atoms with van der Waals surface area (Å²) in [5, 5.41) is 2.84. The molecule has 3 aromatic heterocycles. The average Bonchev–Trinajstić information content (AvgIpc) is 1.76. The zero-order chi connectivity index (χ0) is 68.3. The zero-order valence-corrected chi connectivity index (χ0v) is 63.9. The molecule has 0 unspecified atom stereocenters. The Bertz CT molecular complexity index is 3460. The smallest absolute Gasteiger partial charge is 0.330 e. The van der Waals surface area contributed by atoms with Crippen molar-refractivity contribution in [2.45, 2.75) is 291 Å². The number of benzene rings is 5. The van der Waals surface area contributed by atoms with Crippen molar-refractivity contribution >= 4 is 40.0 Å². The fourth-order valence-corrected chi connectivity index (χ4v) is 14.8. The third-order valence-electron chi connectivity index (χ3n) is 19.0. The molecule has 0 radical (unpaired) electrons. The lowest BCUT2D eigenvalue weighted by Crippen LogP contribution is -2.37. The van der Waals surface area contributed by atoms with Crippen molar-refractivity contribution in [3.63, 3.8) is 0 Å². The van der Waals surface area contributed by atoms with E-state index in [4.69, 9.17) is 9.39 Å². The number of ether oxygens (including phenoxy) is 1. The molecular formula is C86H126BNO2S. The van der Waals surface area contributed by atoms with Crippen LogP contribution in [0.3, 0.4) is 0 Å². The summed E-state index contributed by atoms with van der Waals surface area (Å²) < 4.78 is 14.8. The molecule has 91 heavy (non-hydrogen) atoms. The first-order chi connectivity index (χ1) is 42.5. The summed E-state index contributed by atoms with van der Waals surface area (Å²) in [4.78, 5) is 3.08. The standard InChI is InChI=1S/C17H26O.C16H20.C15H23BO.C14H19N.C13H20.C11H18S/c1-11(2)14-7-8-16-15(9-14)10-18-17(16,12(3)4)13(5)6;1-11(2)13-9-10-14(12(3)4)16-8-6-5-7-15(13)16;1-10(2)12-7-8-14-13(9-12)15(5,6)17-16(14)11(3)4;1-10(2)12-7-8-13(11(3)4)15-9-5-6-14(12)15;1-9(2)12-6-7-13(10(3)4)11(5)8-12;1-7(2)10-6-9(5)11(12-10)8(3)4/h7-9,11-13H,10H2,1-6H3;5-12H,1-4H3;7-11H,1-6H3;5-11H,1-4H3;6-10H,1-5H3;6-8H,1-5H3. The van der Waals surface area contributed by atoms with Crippen molar-refractivity contribution in [3.05, 3.63) is 210 Å². The predicted molar refractivity (Wildman–Crippen MR) is 406 cm³/mol. The van der Waals surface area contributed by atoms with E-state index in [0.717, 1.165) is 6.61 Å². The van der Waals surface area contributed by atoms with E-state index in [9.17, 15) is 0 Å². The van der Waals surface area contributed by atoms with Gasteiger partial charge in [0.15, 0.2) is 0 Å². The highest BCUT2D eigenvalue weighted by Crippen LogP contribution is 2.48. The van der Waals surface area contributed by atoms with Gasteiger partial charge in [0, 0.05) is 27.2 Å². The van der Waals surface area contributed by atoms with Crippen LogP contribution in [-0.2, 0) is 27.2 Å². The lowest BCUT2D eigenvalue weighted by Gasteiger charge is -2.38. The number of hydrogen-bond donors (Lipinski definition) is 0. The second kappa shape index (κ2) is 33.3. The Morgan fingerprint density at radius 3 is 1.35 bits per heavy atom. The summed E-state index contributed by atoms with van der Waals surface area (Å²) in [7, 11) is 0. The van der Waals surface area contributed by atoms with Crippen LogP contribution >= 0.6 is 11.3 Å². The summed E-state index contributed by atoms with van der Waals surface area (Å²) in [6.07, 6.45) is 2.16. The van der Waals surface area contributed by atoms with E-state index >= 15 is 0 Å². The Hall–Kier alpha value is -5.20. The van der Waals surface area contributed by atoms with E-state index < -0.39 is 0 Å². The first-order valence-electron chi connectivity index (χ1n) is 35.4. The molecule has 5 heterocycles. The molecule has 0 amide bonds. The minimum atomic E-state index is -0.144. The highest BCUT2D eigenvalue weighted by Gasteiger charge is 2.45. The molecule has 0 saturated carbocycles. The lowest BCUT2D eigenvalue weighted by atomic mass is 9.52. The van der Waals surface area contributed by atoms with Crippen LogP contribution < -0.4 is 5.46 Å². The van der Waals surface area contributed by atoms with Crippen LogP contribution in [-0.4, -0.2) is 11.3 Å². The summed E-state index contributed by atoms with van der Waals surface area (Å²) >= 11 is 1.98. The summed E-state index contributed by atoms with van der Waals surface area (Å²) in [6, 6.07) is 45.2. The van der Waals surface area contributed by atoms with Crippen LogP contribution in [0.1, 0.15) is 335 Å². The first-order valence-corrected chi connectivity index (χ1v) is 36.2. The van der Waals surface area contributed by atoms with Gasteiger partial charge in [-0.15, -0.1) is 11.3 Å². The number of thiophene rings is 1. The van der Waals surface area contributed by atoms with Gasteiger partial charge in [0.1, 0.15) is 0 Å². The molecule has 0 aliphatic carbocycles. The van der Waals surface area contributed by atoms with Crippen molar-refractivity contribution in [1.29, 1.82) is 0 Å². The third kappa shape index (κ3) is 18.8. The van der Waals surface area contributed by atoms with E-state index in [1.807, 2.05) is 11.3 Å². The summed E-state index contributed by atoms with van der Waals surface area (Å²) in [6.45, 7) is 68.4. The van der Waals surface area contributed by atoms with E-state index in [0.29, 0.717) is 76.8 Å². The minimum Gasteiger partial charge on any atom is -0.422 e. The number of hydrogen-bond acceptors (Lipinski definition) is 3. The molecule has 0 bridgehead atoms. The van der Waals surface area contributed by atoms with Crippen molar-refractivity contribution in [2.24, 2.45) is 11.8 Å². The maximum atomic E-state index is 6.27. The molecular weight excluding hydrogens is 1120 g/mol. The van der Waals surface area contributed by atoms with Crippen molar-refractivity contribution in [3.8, 4) is 0 Å². The maximum Gasteiger partial charge on any atom is 0.330 e. The molecule has 496 valence electrons. The Morgan fingerprint density at radius 2 is 0.912 bits per heavy atom. The predicted octanol–water partition coefficient (Wildman–Crippen LogP) is 26.3. The number of aryl methyl sites for hydroxylation is 2. The van der Waals surface area contributed by atoms with Crippen LogP contribution in [0.4, 0.5) is 0 Å². The summed E-state index contributed by atoms with van der Waals surface area (Å²) in [5.41, 5.74) is 21.1. The van der Waals surface area contributed by atoms with Crippen molar-refractivity contribution in [1.82, 2.24) is 4.40 Å². The normalized spacial score (nSPS) is 14.0. The Labute approximate surface area is 562 Å². The van der Waals surface area contributed by atoms with Crippen LogP contribution in [0.15, 0.2) is 128 Å². The monoisotopic (exact) mass is 1250 g/mol. The maximum absolute atomic E-state index is 6.27. The van der Waals surface area contributed by atoms with Crippen molar-refractivity contribution in [2.75, 3.05) is 0 Å². The number of nitrogens with zero attached hydrogens (tertiary/aromatic N) is 1. The molecule has 10 rings (SSSR count). The van der Waals surface area contributed by atoms with Crippen LogP contribution in [0.25, 0.3) is 16.3 Å². The molecule has 0 atom stereocenters. The largest absolute Gasteiger partial charge is 0.422 e. The van der Waals surface area contributed by atoms with Gasteiger partial charge < -0.3 is 13.8 Å². The van der Waals surface area contributed by atoms with Gasteiger partial charge in [-0.3, -0.25) is 0 Å². The number of rotatable bonds is 13. The third-order valence-corrected chi connectivity index (χ3v) is 20.8. The average molecular weight is 1250 g/mol. The highest BCUT2D eigenvalue weighted by atomic mass is 32.1. The van der Waals surface area contributed by atoms with Crippen LogP contribution in [0.5, 0.6) is 0 Å². The van der Waals surface area contributed by atoms with E-state index in [2.05, 4.69) is 340 Å². The number of fused-ring (bicyclic) bond motifs is 4. The molecule has 5 aromatic carbocycles. The first kappa shape index (κ1) is 76.5. The van der Waals surface area contributed by atoms with Crippen molar-refractivity contribution < 1.29 is 9.39 Å². The molecule has 5 heteroatoms. The van der Waals surface area contributed by atoms with Gasteiger partial charge in [-0.05, 0) is 212 Å². The molecule has 0 saturated heterocycles. The molecule has 0 N–H and O–H groups in total. The molecule has 2 aliphatic heterocycles. The molecule has 0 spiro atoms. The Kier molecular flexibility index (Phi) is 28.0. The van der Waals surface area contributed by atoms with Crippen LogP contribution in [0, 0.1) is 25.7 Å². The fraction of sp³-hybridized carbons (Fsp3) is 0.535. The van der Waals surface area contributed by atoms with Gasteiger partial charge in [0.05, 0.1) is 17.8 Å². The minimum absolute atomic E-state index is 0.0924. The topological polar surface area (TPSA) is 22.9 Å². The van der Waals surface area contributed by atoms with Gasteiger partial charge in [0.2, 0.25) is 0 Å². The Morgan fingerprint density at radius 1 is 0.429 bits per heavy atom. The second-order valence-electron chi connectivity index (χ2n) is 31.1. The fourth-order valence-electron chi connectivity index (χ4n) is 13.6. The quantitative estimate of drug-likeness (QED) is 0.107. The second-order valence-corrected chi connectivity index (χ2v) is 32.2. The van der Waals surface area contributed by atoms with Gasteiger partial charge in [-0.25, -0.2) is 0 Å². The van der Waals surface area contributed by atoms with Crippen LogP contribution in [0.2, 0.25) is 5.82 Å².